The maximum atomic E-state index is 11.9. The third-order valence-corrected chi connectivity index (χ3v) is 4.05. The SMILES string of the molecule is C[C@H]1CCC[C@H]1C1=CC(=O)c2ccccc21. The molecule has 2 atom stereocenters. The smallest absolute Gasteiger partial charge is 0.186 e. The van der Waals surface area contributed by atoms with Crippen LogP contribution >= 0.6 is 0 Å². The minimum absolute atomic E-state index is 0.199. The fourth-order valence-electron chi connectivity index (χ4n) is 3.16. The van der Waals surface area contributed by atoms with Crippen molar-refractivity contribution < 1.29 is 4.79 Å². The summed E-state index contributed by atoms with van der Waals surface area (Å²) in [5, 5.41) is 0. The Kier molecular flexibility index (Phi) is 2.20. The van der Waals surface area contributed by atoms with Gasteiger partial charge in [0.2, 0.25) is 0 Å². The van der Waals surface area contributed by atoms with Crippen LogP contribution in [0.15, 0.2) is 30.3 Å². The largest absolute Gasteiger partial charge is 0.289 e. The van der Waals surface area contributed by atoms with E-state index in [-0.39, 0.29) is 5.78 Å². The summed E-state index contributed by atoms with van der Waals surface area (Å²) in [6.45, 7) is 2.31. The van der Waals surface area contributed by atoms with Crippen molar-refractivity contribution in [3.8, 4) is 0 Å². The number of fused-ring (bicyclic) bond motifs is 1. The van der Waals surface area contributed by atoms with Crippen molar-refractivity contribution >= 4 is 11.4 Å². The van der Waals surface area contributed by atoms with Crippen molar-refractivity contribution in [3.63, 3.8) is 0 Å². The van der Waals surface area contributed by atoms with Gasteiger partial charge < -0.3 is 0 Å². The number of ketones is 1. The van der Waals surface area contributed by atoms with Gasteiger partial charge in [-0.05, 0) is 35.5 Å². The maximum absolute atomic E-state index is 11.9. The zero-order valence-corrected chi connectivity index (χ0v) is 9.57. The van der Waals surface area contributed by atoms with Crippen molar-refractivity contribution in [2.24, 2.45) is 11.8 Å². The molecule has 1 aromatic rings. The van der Waals surface area contributed by atoms with Crippen LogP contribution in [0.2, 0.25) is 0 Å². The Labute approximate surface area is 96.2 Å². The Morgan fingerprint density at radius 2 is 1.88 bits per heavy atom. The van der Waals surface area contributed by atoms with Crippen molar-refractivity contribution in [1.82, 2.24) is 0 Å². The maximum Gasteiger partial charge on any atom is 0.186 e. The molecule has 1 saturated carbocycles. The first-order valence-electron chi connectivity index (χ1n) is 6.12. The summed E-state index contributed by atoms with van der Waals surface area (Å²) in [7, 11) is 0. The van der Waals surface area contributed by atoms with Gasteiger partial charge in [-0.25, -0.2) is 0 Å². The van der Waals surface area contributed by atoms with Crippen LogP contribution in [0.5, 0.6) is 0 Å². The van der Waals surface area contributed by atoms with Gasteiger partial charge in [0.25, 0.3) is 0 Å². The summed E-state index contributed by atoms with van der Waals surface area (Å²) < 4.78 is 0. The lowest BCUT2D eigenvalue weighted by Crippen LogP contribution is -2.05. The van der Waals surface area contributed by atoms with Crippen LogP contribution in [-0.2, 0) is 0 Å². The Hall–Kier alpha value is -1.37. The molecule has 0 heterocycles. The van der Waals surface area contributed by atoms with Crippen molar-refractivity contribution in [3.05, 3.63) is 41.5 Å². The van der Waals surface area contributed by atoms with Gasteiger partial charge in [0.1, 0.15) is 0 Å². The van der Waals surface area contributed by atoms with E-state index in [4.69, 9.17) is 0 Å². The second kappa shape index (κ2) is 3.58. The highest BCUT2D eigenvalue weighted by atomic mass is 16.1. The highest BCUT2D eigenvalue weighted by Gasteiger charge is 2.32. The molecular formula is C15H16O. The number of allylic oxidation sites excluding steroid dienone is 2. The Bertz CT molecular complexity index is 470. The number of benzene rings is 1. The first-order chi connectivity index (χ1) is 7.77. The lowest BCUT2D eigenvalue weighted by Gasteiger charge is -2.17. The minimum Gasteiger partial charge on any atom is -0.289 e. The minimum atomic E-state index is 0.199. The lowest BCUT2D eigenvalue weighted by atomic mass is 9.87. The fourth-order valence-corrected chi connectivity index (χ4v) is 3.16. The lowest BCUT2D eigenvalue weighted by molar-refractivity contribution is 0.105. The molecule has 0 aliphatic heterocycles. The van der Waals surface area contributed by atoms with Gasteiger partial charge in [0, 0.05) is 5.56 Å². The summed E-state index contributed by atoms with van der Waals surface area (Å²) in [5.41, 5.74) is 3.38. The van der Waals surface area contributed by atoms with E-state index in [0.29, 0.717) is 5.92 Å². The van der Waals surface area contributed by atoms with Crippen LogP contribution in [0.3, 0.4) is 0 Å². The standard InChI is InChI=1S/C15H16O/c1-10-5-4-8-11(10)14-9-15(16)13-7-3-2-6-12(13)14/h2-3,6-7,9-11H,4-5,8H2,1H3/t10-,11+/m0/s1. The van der Waals surface area contributed by atoms with E-state index < -0.39 is 0 Å². The predicted molar refractivity (Wildman–Crippen MR) is 65.3 cm³/mol. The van der Waals surface area contributed by atoms with Gasteiger partial charge in [-0.2, -0.15) is 0 Å². The molecule has 1 aromatic carbocycles. The third-order valence-electron chi connectivity index (χ3n) is 4.05. The molecular weight excluding hydrogens is 196 g/mol. The average molecular weight is 212 g/mol. The van der Waals surface area contributed by atoms with Gasteiger partial charge in [0.15, 0.2) is 5.78 Å². The van der Waals surface area contributed by atoms with E-state index in [1.54, 1.807) is 0 Å². The van der Waals surface area contributed by atoms with E-state index in [2.05, 4.69) is 13.0 Å². The third kappa shape index (κ3) is 1.35. The quantitative estimate of drug-likeness (QED) is 0.693. The number of rotatable bonds is 1. The molecule has 0 bridgehead atoms. The topological polar surface area (TPSA) is 17.1 Å². The summed E-state index contributed by atoms with van der Waals surface area (Å²) in [6, 6.07) is 8.02. The fraction of sp³-hybridized carbons (Fsp3) is 0.400. The summed E-state index contributed by atoms with van der Waals surface area (Å²) in [5.74, 6) is 1.53. The first kappa shape index (κ1) is 9.83. The van der Waals surface area contributed by atoms with E-state index in [1.807, 2.05) is 24.3 Å². The molecule has 2 aliphatic carbocycles. The average Bonchev–Trinajstić information content (AvgIpc) is 2.84. The molecule has 0 amide bonds. The Morgan fingerprint density at radius 1 is 1.12 bits per heavy atom. The summed E-state index contributed by atoms with van der Waals surface area (Å²) >= 11 is 0. The van der Waals surface area contributed by atoms with Crippen molar-refractivity contribution in [1.29, 1.82) is 0 Å². The van der Waals surface area contributed by atoms with E-state index in [1.165, 1.54) is 30.4 Å². The first-order valence-corrected chi connectivity index (χ1v) is 6.12. The van der Waals surface area contributed by atoms with Gasteiger partial charge in [0.05, 0.1) is 0 Å². The monoisotopic (exact) mass is 212 g/mol. The molecule has 1 heteroatoms. The van der Waals surface area contributed by atoms with Crippen LogP contribution in [-0.4, -0.2) is 5.78 Å². The van der Waals surface area contributed by atoms with E-state index in [9.17, 15) is 4.79 Å². The van der Waals surface area contributed by atoms with E-state index in [0.717, 1.165) is 11.5 Å². The molecule has 82 valence electrons. The molecule has 16 heavy (non-hydrogen) atoms. The number of carbonyl (C=O) groups excluding carboxylic acids is 1. The van der Waals surface area contributed by atoms with Crippen molar-refractivity contribution in [2.75, 3.05) is 0 Å². The molecule has 3 rings (SSSR count). The van der Waals surface area contributed by atoms with Crippen LogP contribution in [0.4, 0.5) is 0 Å². The number of hydrogen-bond acceptors (Lipinski definition) is 1. The van der Waals surface area contributed by atoms with Gasteiger partial charge >= 0.3 is 0 Å². The molecule has 0 spiro atoms. The van der Waals surface area contributed by atoms with Crippen LogP contribution in [0, 0.1) is 11.8 Å². The molecule has 0 aromatic heterocycles. The second-order valence-electron chi connectivity index (χ2n) is 5.02. The molecule has 1 nitrogen and oxygen atoms in total. The molecule has 2 aliphatic rings. The van der Waals surface area contributed by atoms with Crippen LogP contribution in [0.1, 0.15) is 42.1 Å². The second-order valence-corrected chi connectivity index (χ2v) is 5.02. The molecule has 1 fully saturated rings. The number of carbonyl (C=O) groups is 1. The highest BCUT2D eigenvalue weighted by molar-refractivity contribution is 6.16. The Morgan fingerprint density at radius 3 is 2.56 bits per heavy atom. The van der Waals surface area contributed by atoms with Crippen LogP contribution in [0.25, 0.3) is 5.57 Å². The molecule has 0 N–H and O–H groups in total. The molecule has 0 radical (unpaired) electrons. The van der Waals surface area contributed by atoms with Gasteiger partial charge in [-0.3, -0.25) is 4.79 Å². The molecule has 0 saturated heterocycles. The molecule has 0 unspecified atom stereocenters. The zero-order chi connectivity index (χ0) is 11.1. The Balaban J connectivity index is 2.04. The van der Waals surface area contributed by atoms with Gasteiger partial charge in [-0.15, -0.1) is 0 Å². The zero-order valence-electron chi connectivity index (χ0n) is 9.57. The predicted octanol–water partition coefficient (Wildman–Crippen LogP) is 3.70. The van der Waals surface area contributed by atoms with Gasteiger partial charge in [-0.1, -0.05) is 44.0 Å². The van der Waals surface area contributed by atoms with Crippen LogP contribution < -0.4 is 0 Å². The summed E-state index contributed by atoms with van der Waals surface area (Å²) in [6.07, 6.45) is 5.73. The summed E-state index contributed by atoms with van der Waals surface area (Å²) in [4.78, 5) is 11.9. The normalized spacial score (nSPS) is 28.1. The van der Waals surface area contributed by atoms with Crippen molar-refractivity contribution in [2.45, 2.75) is 26.2 Å². The van der Waals surface area contributed by atoms with E-state index >= 15 is 0 Å². The highest BCUT2D eigenvalue weighted by Crippen LogP contribution is 2.43. The number of hydrogen-bond donors (Lipinski definition) is 0.